The van der Waals surface area contributed by atoms with Crippen molar-refractivity contribution in [1.29, 1.82) is 0 Å². The number of hydrogen-bond acceptors (Lipinski definition) is 4. The molecule has 1 aromatic carbocycles. The molecule has 1 unspecified atom stereocenters. The van der Waals surface area contributed by atoms with E-state index in [0.29, 0.717) is 13.0 Å². The number of nitrogens with one attached hydrogen (secondary N) is 1. The van der Waals surface area contributed by atoms with Crippen molar-refractivity contribution in [3.05, 3.63) is 29.8 Å². The maximum absolute atomic E-state index is 11.5. The predicted octanol–water partition coefficient (Wildman–Crippen LogP) is 0.328. The number of nitrogens with two attached hydrogens (primary N) is 1. The van der Waals surface area contributed by atoms with Gasteiger partial charge < -0.3 is 20.5 Å². The van der Waals surface area contributed by atoms with Crippen LogP contribution < -0.4 is 15.8 Å². The Morgan fingerprint density at radius 2 is 2.11 bits per heavy atom. The van der Waals surface area contributed by atoms with Crippen LogP contribution in [-0.2, 0) is 16.0 Å². The summed E-state index contributed by atoms with van der Waals surface area (Å²) < 4.78 is 10.1. The number of benzene rings is 1. The van der Waals surface area contributed by atoms with Crippen LogP contribution in [0.1, 0.15) is 5.56 Å². The number of carbonyl (C=O) groups excluding carboxylic acids is 1. The number of carbonyl (C=O) groups is 1. The molecule has 0 aliphatic heterocycles. The summed E-state index contributed by atoms with van der Waals surface area (Å²) in [6, 6.07) is 7.10. The lowest BCUT2D eigenvalue weighted by atomic mass is 10.1. The average Bonchev–Trinajstić information content (AvgIpc) is 2.39. The van der Waals surface area contributed by atoms with Crippen LogP contribution in [0.15, 0.2) is 24.3 Å². The van der Waals surface area contributed by atoms with Gasteiger partial charge >= 0.3 is 0 Å². The van der Waals surface area contributed by atoms with Gasteiger partial charge in [-0.2, -0.15) is 0 Å². The minimum absolute atomic E-state index is 0.202. The summed E-state index contributed by atoms with van der Waals surface area (Å²) in [5, 5.41) is 2.77. The molecule has 0 saturated heterocycles. The summed E-state index contributed by atoms with van der Waals surface area (Å²) in [4.78, 5) is 11.5. The summed E-state index contributed by atoms with van der Waals surface area (Å²) in [6.07, 6.45) is 0.704. The highest BCUT2D eigenvalue weighted by Gasteiger charge is 2.12. The fraction of sp³-hybridized carbons (Fsp3) is 0.462. The molecule has 3 N–H and O–H groups in total. The first-order valence-corrected chi connectivity index (χ1v) is 5.83. The number of methoxy groups -OCH3 is 2. The Hall–Kier alpha value is -1.59. The van der Waals surface area contributed by atoms with Gasteiger partial charge in [-0.1, -0.05) is 18.2 Å². The number of rotatable bonds is 7. The van der Waals surface area contributed by atoms with Crippen LogP contribution in [-0.4, -0.2) is 39.3 Å². The van der Waals surface area contributed by atoms with Gasteiger partial charge in [0, 0.05) is 13.7 Å². The number of para-hydroxylation sites is 1. The second-order valence-corrected chi connectivity index (χ2v) is 3.91. The Labute approximate surface area is 107 Å². The molecule has 0 aliphatic rings. The minimum atomic E-state index is -0.618. The van der Waals surface area contributed by atoms with Crippen molar-refractivity contribution in [2.75, 3.05) is 27.4 Å². The van der Waals surface area contributed by atoms with Crippen molar-refractivity contribution in [1.82, 2.24) is 5.32 Å². The smallest absolute Gasteiger partial charge is 0.239 e. The molecule has 0 bridgehead atoms. The fourth-order valence-corrected chi connectivity index (χ4v) is 1.62. The molecule has 0 fully saturated rings. The van der Waals surface area contributed by atoms with E-state index in [0.717, 1.165) is 11.3 Å². The molecule has 1 amide bonds. The molecule has 1 aromatic rings. The first-order valence-electron chi connectivity index (χ1n) is 5.83. The van der Waals surface area contributed by atoms with Gasteiger partial charge in [-0.25, -0.2) is 0 Å². The fourth-order valence-electron chi connectivity index (χ4n) is 1.62. The Morgan fingerprint density at radius 3 is 2.78 bits per heavy atom. The Kier molecular flexibility index (Phi) is 6.18. The largest absolute Gasteiger partial charge is 0.496 e. The molecule has 0 radical (unpaired) electrons. The second-order valence-electron chi connectivity index (χ2n) is 3.91. The van der Waals surface area contributed by atoms with E-state index in [1.807, 2.05) is 24.3 Å². The number of ether oxygens (including phenoxy) is 2. The summed E-state index contributed by atoms with van der Waals surface area (Å²) in [6.45, 7) is 0.747. The van der Waals surface area contributed by atoms with Gasteiger partial charge in [0.2, 0.25) is 5.91 Å². The number of hydrogen-bond donors (Lipinski definition) is 2. The minimum Gasteiger partial charge on any atom is -0.496 e. The van der Waals surface area contributed by atoms with Gasteiger partial charge in [-0.15, -0.1) is 0 Å². The normalized spacial score (nSPS) is 11.9. The molecule has 0 saturated carbocycles. The zero-order chi connectivity index (χ0) is 13.4. The van der Waals surface area contributed by atoms with Crippen molar-refractivity contribution in [2.24, 2.45) is 5.73 Å². The van der Waals surface area contributed by atoms with Crippen molar-refractivity contribution in [3.8, 4) is 5.75 Å². The average molecular weight is 252 g/mol. The first-order chi connectivity index (χ1) is 8.69. The van der Waals surface area contributed by atoms with Crippen molar-refractivity contribution >= 4 is 5.91 Å². The zero-order valence-electron chi connectivity index (χ0n) is 10.8. The molecule has 1 atom stereocenters. The third-order valence-corrected chi connectivity index (χ3v) is 2.57. The summed E-state index contributed by atoms with van der Waals surface area (Å²) >= 11 is 0. The summed E-state index contributed by atoms with van der Waals surface area (Å²) in [7, 11) is 3.15. The van der Waals surface area contributed by atoms with Gasteiger partial charge in [0.1, 0.15) is 11.8 Å². The van der Waals surface area contributed by atoms with E-state index in [4.69, 9.17) is 15.2 Å². The van der Waals surface area contributed by atoms with E-state index < -0.39 is 6.04 Å². The van der Waals surface area contributed by atoms with E-state index >= 15 is 0 Å². The van der Waals surface area contributed by atoms with E-state index in [1.165, 1.54) is 7.11 Å². The lowest BCUT2D eigenvalue weighted by Gasteiger charge is -2.12. The maximum Gasteiger partial charge on any atom is 0.239 e. The Morgan fingerprint density at radius 1 is 1.39 bits per heavy atom. The lowest BCUT2D eigenvalue weighted by Crippen LogP contribution is -2.44. The highest BCUT2D eigenvalue weighted by atomic mass is 16.5. The molecule has 0 aliphatic carbocycles. The second kappa shape index (κ2) is 7.68. The van der Waals surface area contributed by atoms with Crippen LogP contribution in [0.3, 0.4) is 0 Å². The Balaban J connectivity index is 2.39. The molecule has 0 spiro atoms. The molecule has 5 nitrogen and oxygen atoms in total. The van der Waals surface area contributed by atoms with E-state index in [9.17, 15) is 4.79 Å². The molecule has 18 heavy (non-hydrogen) atoms. The van der Waals surface area contributed by atoms with Crippen LogP contribution >= 0.6 is 0 Å². The van der Waals surface area contributed by atoms with Crippen LogP contribution in [0.4, 0.5) is 0 Å². The number of amides is 1. The van der Waals surface area contributed by atoms with E-state index in [-0.39, 0.29) is 12.5 Å². The predicted molar refractivity (Wildman–Crippen MR) is 69.6 cm³/mol. The zero-order valence-corrected chi connectivity index (χ0v) is 10.8. The molecule has 1 rings (SSSR count). The first kappa shape index (κ1) is 14.5. The van der Waals surface area contributed by atoms with Gasteiger partial charge in [0.25, 0.3) is 0 Å². The molecular formula is C13H20N2O3. The highest BCUT2D eigenvalue weighted by Crippen LogP contribution is 2.17. The lowest BCUT2D eigenvalue weighted by molar-refractivity contribution is -0.123. The molecule has 0 heterocycles. The van der Waals surface area contributed by atoms with Gasteiger partial charge in [0.15, 0.2) is 0 Å². The van der Waals surface area contributed by atoms with E-state index in [1.54, 1.807) is 7.11 Å². The van der Waals surface area contributed by atoms with Crippen LogP contribution in [0, 0.1) is 0 Å². The molecule has 5 heteroatoms. The van der Waals surface area contributed by atoms with Gasteiger partial charge in [-0.3, -0.25) is 4.79 Å². The SMILES string of the molecule is COCC(N)C(=O)NCCc1ccccc1OC. The standard InChI is InChI=1S/C13H20N2O3/c1-17-9-11(14)13(16)15-8-7-10-5-3-4-6-12(10)18-2/h3-6,11H,7-9,14H2,1-2H3,(H,15,16). The topological polar surface area (TPSA) is 73.6 Å². The summed E-state index contributed by atoms with van der Waals surface area (Å²) in [5.41, 5.74) is 6.66. The van der Waals surface area contributed by atoms with Gasteiger partial charge in [0.05, 0.1) is 13.7 Å². The maximum atomic E-state index is 11.5. The Bertz CT molecular complexity index is 382. The van der Waals surface area contributed by atoms with Gasteiger partial charge in [-0.05, 0) is 18.1 Å². The summed E-state index contributed by atoms with van der Waals surface area (Å²) in [5.74, 6) is 0.625. The third-order valence-electron chi connectivity index (χ3n) is 2.57. The highest BCUT2D eigenvalue weighted by molar-refractivity contribution is 5.81. The molecule has 100 valence electrons. The quantitative estimate of drug-likeness (QED) is 0.733. The van der Waals surface area contributed by atoms with Crippen LogP contribution in [0.2, 0.25) is 0 Å². The molecular weight excluding hydrogens is 232 g/mol. The van der Waals surface area contributed by atoms with Crippen molar-refractivity contribution < 1.29 is 14.3 Å². The molecule has 0 aromatic heterocycles. The monoisotopic (exact) mass is 252 g/mol. The van der Waals surface area contributed by atoms with E-state index in [2.05, 4.69) is 5.32 Å². The van der Waals surface area contributed by atoms with Crippen molar-refractivity contribution in [2.45, 2.75) is 12.5 Å². The van der Waals surface area contributed by atoms with Crippen molar-refractivity contribution in [3.63, 3.8) is 0 Å². The van der Waals surface area contributed by atoms with Crippen LogP contribution in [0.5, 0.6) is 5.75 Å². The van der Waals surface area contributed by atoms with Crippen LogP contribution in [0.25, 0.3) is 0 Å². The third kappa shape index (κ3) is 4.35.